The Kier molecular flexibility index (Phi) is 6.62. The van der Waals surface area contributed by atoms with Crippen LogP contribution < -0.4 is 10.4 Å². The zero-order valence-electron chi connectivity index (χ0n) is 18.2. The Morgan fingerprint density at radius 1 is 1.29 bits per heavy atom. The minimum atomic E-state index is -4.95. The van der Waals surface area contributed by atoms with E-state index < -0.39 is 58.9 Å². The molecule has 3 rings (SSSR count). The highest BCUT2D eigenvalue weighted by Crippen LogP contribution is 2.37. The third-order valence-electron chi connectivity index (χ3n) is 5.31. The summed E-state index contributed by atoms with van der Waals surface area (Å²) in [6.45, 7) is 2.33. The second-order valence-corrected chi connectivity index (χ2v) is 7.93. The maximum atomic E-state index is 14.7. The van der Waals surface area contributed by atoms with Gasteiger partial charge in [-0.1, -0.05) is 12.1 Å². The van der Waals surface area contributed by atoms with E-state index in [9.17, 15) is 31.9 Å². The molecule has 0 saturated carbocycles. The Morgan fingerprint density at radius 2 is 1.97 bits per heavy atom. The largest absolute Gasteiger partial charge is 0.419 e. The number of urea groups is 1. The summed E-state index contributed by atoms with van der Waals surface area (Å²) in [5.41, 5.74) is -2.70. The number of hydroxylamine groups is 1. The van der Waals surface area contributed by atoms with Crippen LogP contribution in [0.4, 0.5) is 28.0 Å². The van der Waals surface area contributed by atoms with Gasteiger partial charge in [0.25, 0.3) is 11.8 Å². The van der Waals surface area contributed by atoms with Crippen molar-refractivity contribution in [3.63, 3.8) is 0 Å². The first-order valence-corrected chi connectivity index (χ1v) is 9.85. The number of nitriles is 1. The van der Waals surface area contributed by atoms with Gasteiger partial charge in [0, 0.05) is 11.6 Å². The van der Waals surface area contributed by atoms with Gasteiger partial charge in [-0.3, -0.25) is 14.8 Å². The summed E-state index contributed by atoms with van der Waals surface area (Å²) in [7, 11) is 0. The summed E-state index contributed by atoms with van der Waals surface area (Å²) >= 11 is 0. The van der Waals surface area contributed by atoms with Crippen LogP contribution in [-0.4, -0.2) is 38.5 Å². The van der Waals surface area contributed by atoms with E-state index in [-0.39, 0.29) is 11.1 Å². The molecule has 1 aliphatic heterocycles. The molecule has 1 aromatic heterocycles. The zero-order valence-corrected chi connectivity index (χ0v) is 18.2. The van der Waals surface area contributed by atoms with Crippen LogP contribution in [0, 0.1) is 17.1 Å². The standard InChI is InChI=1S/C22H17F4N5O4/c1-21(2)19(33)31(14-8-15(22(24,25)26)17(9-27)28-10-14)20(34)30(21)11-13-5-3-12(7-16(13)23)4-6-18(32)29-35/h3-8,10,35H,11H2,1-2H3,(H,29,32)/b6-4+. The summed E-state index contributed by atoms with van der Waals surface area (Å²) in [6, 6.07) is 4.61. The lowest BCUT2D eigenvalue weighted by molar-refractivity contribution is -0.138. The second-order valence-electron chi connectivity index (χ2n) is 7.93. The number of imide groups is 1. The van der Waals surface area contributed by atoms with Crippen LogP contribution in [-0.2, 0) is 22.3 Å². The van der Waals surface area contributed by atoms with Gasteiger partial charge in [0.2, 0.25) is 0 Å². The van der Waals surface area contributed by atoms with Gasteiger partial charge >= 0.3 is 12.2 Å². The van der Waals surface area contributed by atoms with Gasteiger partial charge in [-0.15, -0.1) is 0 Å². The molecule has 1 fully saturated rings. The molecule has 2 heterocycles. The van der Waals surface area contributed by atoms with Crippen LogP contribution in [0.2, 0.25) is 0 Å². The van der Waals surface area contributed by atoms with Crippen molar-refractivity contribution in [2.45, 2.75) is 32.1 Å². The number of rotatable bonds is 5. The third kappa shape index (κ3) is 4.82. The summed E-state index contributed by atoms with van der Waals surface area (Å²) in [5.74, 6) is -2.47. The average Bonchev–Trinajstić information content (AvgIpc) is 2.96. The number of halogens is 4. The number of anilines is 1. The van der Waals surface area contributed by atoms with E-state index >= 15 is 0 Å². The number of carbonyl (C=O) groups is 3. The van der Waals surface area contributed by atoms with Crippen molar-refractivity contribution in [2.24, 2.45) is 0 Å². The molecule has 35 heavy (non-hydrogen) atoms. The average molecular weight is 491 g/mol. The normalized spacial score (nSPS) is 15.6. The molecule has 0 spiro atoms. The van der Waals surface area contributed by atoms with Crippen molar-refractivity contribution in [1.82, 2.24) is 15.4 Å². The monoisotopic (exact) mass is 491 g/mol. The number of benzene rings is 1. The fraction of sp³-hybridized carbons (Fsp3) is 0.227. The number of hydrogen-bond donors (Lipinski definition) is 2. The first kappa shape index (κ1) is 25.3. The van der Waals surface area contributed by atoms with E-state index in [4.69, 9.17) is 10.5 Å². The van der Waals surface area contributed by atoms with Crippen molar-refractivity contribution >= 4 is 29.6 Å². The van der Waals surface area contributed by atoms with Gasteiger partial charge in [0.15, 0.2) is 5.69 Å². The third-order valence-corrected chi connectivity index (χ3v) is 5.31. The summed E-state index contributed by atoms with van der Waals surface area (Å²) in [4.78, 5) is 42.1. The quantitative estimate of drug-likeness (QED) is 0.217. The van der Waals surface area contributed by atoms with E-state index in [1.54, 1.807) is 0 Å². The molecule has 0 atom stereocenters. The lowest BCUT2D eigenvalue weighted by Crippen LogP contribution is -2.43. The van der Waals surface area contributed by atoms with Crippen molar-refractivity contribution in [3.8, 4) is 6.07 Å². The molecule has 1 aromatic carbocycles. The molecule has 2 N–H and O–H groups in total. The lowest BCUT2D eigenvalue weighted by Gasteiger charge is -2.27. The molecule has 0 bridgehead atoms. The van der Waals surface area contributed by atoms with Crippen LogP contribution in [0.5, 0.6) is 0 Å². The lowest BCUT2D eigenvalue weighted by atomic mass is 10.0. The molecule has 0 aliphatic carbocycles. The van der Waals surface area contributed by atoms with E-state index in [0.29, 0.717) is 11.0 Å². The predicted octanol–water partition coefficient (Wildman–Crippen LogP) is 3.38. The second kappa shape index (κ2) is 9.15. The van der Waals surface area contributed by atoms with Gasteiger partial charge in [-0.2, -0.15) is 18.4 Å². The highest BCUT2D eigenvalue weighted by atomic mass is 19.4. The zero-order chi connectivity index (χ0) is 26.1. The number of aromatic nitrogens is 1. The van der Waals surface area contributed by atoms with Gasteiger partial charge in [-0.25, -0.2) is 24.5 Å². The Bertz CT molecular complexity index is 1280. The highest BCUT2D eigenvalue weighted by molar-refractivity contribution is 6.22. The van der Waals surface area contributed by atoms with Gasteiger partial charge in [-0.05, 0) is 37.6 Å². The van der Waals surface area contributed by atoms with Gasteiger partial charge in [0.05, 0.1) is 24.0 Å². The van der Waals surface area contributed by atoms with E-state index in [1.807, 2.05) is 0 Å². The summed E-state index contributed by atoms with van der Waals surface area (Å²) in [5, 5.41) is 17.4. The molecular formula is C22H17F4N5O4. The van der Waals surface area contributed by atoms with Crippen molar-refractivity contribution < 1.29 is 37.2 Å². The molecule has 4 amide bonds. The number of nitrogens with one attached hydrogen (secondary N) is 1. The Labute approximate surface area is 195 Å². The Hall–Kier alpha value is -4.31. The molecular weight excluding hydrogens is 474 g/mol. The Morgan fingerprint density at radius 3 is 2.54 bits per heavy atom. The van der Waals surface area contributed by atoms with E-state index in [0.717, 1.165) is 23.2 Å². The number of nitrogens with zero attached hydrogens (tertiary/aromatic N) is 4. The number of pyridine rings is 1. The smallest absolute Gasteiger partial charge is 0.305 e. The van der Waals surface area contributed by atoms with Crippen molar-refractivity contribution in [2.75, 3.05) is 4.90 Å². The van der Waals surface area contributed by atoms with E-state index in [1.165, 1.54) is 43.6 Å². The molecule has 1 aliphatic rings. The predicted molar refractivity (Wildman–Crippen MR) is 112 cm³/mol. The van der Waals surface area contributed by atoms with Crippen LogP contribution in [0.25, 0.3) is 6.08 Å². The molecule has 9 nitrogen and oxygen atoms in total. The molecule has 0 radical (unpaired) electrons. The van der Waals surface area contributed by atoms with Crippen LogP contribution >= 0.6 is 0 Å². The Balaban J connectivity index is 1.94. The van der Waals surface area contributed by atoms with Crippen LogP contribution in [0.1, 0.15) is 36.2 Å². The molecule has 2 aromatic rings. The maximum Gasteiger partial charge on any atom is 0.419 e. The number of amides is 4. The molecule has 0 unspecified atom stereocenters. The number of hydrogen-bond acceptors (Lipinski definition) is 6. The fourth-order valence-electron chi connectivity index (χ4n) is 3.38. The minimum Gasteiger partial charge on any atom is -0.305 e. The summed E-state index contributed by atoms with van der Waals surface area (Å²) < 4.78 is 54.7. The van der Waals surface area contributed by atoms with Crippen molar-refractivity contribution in [1.29, 1.82) is 5.26 Å². The number of alkyl halides is 3. The van der Waals surface area contributed by atoms with E-state index in [2.05, 4.69) is 4.98 Å². The SMILES string of the molecule is CC1(C)C(=O)N(c2cnc(C#N)c(C(F)(F)F)c2)C(=O)N1Cc1ccc(/C=C/C(=O)NO)cc1F. The van der Waals surface area contributed by atoms with Gasteiger partial charge < -0.3 is 4.90 Å². The first-order chi connectivity index (χ1) is 16.3. The fourth-order valence-corrected chi connectivity index (χ4v) is 3.38. The topological polar surface area (TPSA) is 127 Å². The highest BCUT2D eigenvalue weighted by Gasteiger charge is 2.52. The minimum absolute atomic E-state index is 0.00114. The van der Waals surface area contributed by atoms with Crippen LogP contribution in [0.3, 0.4) is 0 Å². The van der Waals surface area contributed by atoms with Crippen LogP contribution in [0.15, 0.2) is 36.5 Å². The van der Waals surface area contributed by atoms with Crippen molar-refractivity contribution in [3.05, 3.63) is 64.7 Å². The first-order valence-electron chi connectivity index (χ1n) is 9.85. The molecule has 13 heteroatoms. The summed E-state index contributed by atoms with van der Waals surface area (Å²) in [6.07, 6.45) is -1.95. The van der Waals surface area contributed by atoms with Gasteiger partial charge in [0.1, 0.15) is 17.4 Å². The molecule has 182 valence electrons. The molecule has 1 saturated heterocycles. The maximum absolute atomic E-state index is 14.7. The number of carbonyl (C=O) groups excluding carboxylic acids is 3.